The maximum Gasteiger partial charge on any atom is 0.417 e. The van der Waals surface area contributed by atoms with Crippen molar-refractivity contribution in [3.05, 3.63) is 64.2 Å². The van der Waals surface area contributed by atoms with Gasteiger partial charge in [-0.1, -0.05) is 55.3 Å². The lowest BCUT2D eigenvalue weighted by molar-refractivity contribution is -0.140. The van der Waals surface area contributed by atoms with E-state index >= 15 is 0 Å². The zero-order valence-corrected chi connectivity index (χ0v) is 23.5. The summed E-state index contributed by atoms with van der Waals surface area (Å²) in [5, 5.41) is 2.25. The molecule has 210 valence electrons. The van der Waals surface area contributed by atoms with Crippen LogP contribution in [0.1, 0.15) is 50.3 Å². The molecule has 0 spiro atoms. The number of sulfonamides is 1. The summed E-state index contributed by atoms with van der Waals surface area (Å²) >= 11 is 5.70. The van der Waals surface area contributed by atoms with Crippen molar-refractivity contribution < 1.29 is 31.2 Å². The Morgan fingerprint density at radius 3 is 2.16 bits per heavy atom. The third-order valence-corrected chi connectivity index (χ3v) is 7.55. The predicted octanol–water partition coefficient (Wildman–Crippen LogP) is 5.16. The SMILES string of the molecule is CC[C@@H](C)NC(=O)[C@H](CC)N(Cc1ccc(C)cc1)C(=O)CN(c1ccc(Cl)c(C(F)(F)F)c1)S(C)(=O)=O. The molecular weight excluding hydrogens is 543 g/mol. The molecule has 0 aliphatic heterocycles. The summed E-state index contributed by atoms with van der Waals surface area (Å²) in [6.07, 6.45) is -3.15. The third-order valence-electron chi connectivity index (χ3n) is 6.08. The lowest BCUT2D eigenvalue weighted by Crippen LogP contribution is -2.53. The number of alkyl halides is 3. The van der Waals surface area contributed by atoms with Gasteiger partial charge in [-0.2, -0.15) is 13.2 Å². The summed E-state index contributed by atoms with van der Waals surface area (Å²) in [5.74, 6) is -1.15. The summed E-state index contributed by atoms with van der Waals surface area (Å²) < 4.78 is 66.2. The first-order chi connectivity index (χ1) is 17.6. The van der Waals surface area contributed by atoms with Gasteiger partial charge in [0, 0.05) is 12.6 Å². The van der Waals surface area contributed by atoms with E-state index in [-0.39, 0.29) is 24.7 Å². The summed E-state index contributed by atoms with van der Waals surface area (Å²) in [4.78, 5) is 28.0. The maximum absolute atomic E-state index is 13.6. The number of aryl methyl sites for hydroxylation is 1. The van der Waals surface area contributed by atoms with E-state index in [0.717, 1.165) is 24.0 Å². The number of nitrogens with zero attached hydrogens (tertiary/aromatic N) is 2. The Bertz CT molecular complexity index is 1240. The molecule has 2 aromatic carbocycles. The molecule has 0 saturated carbocycles. The highest BCUT2D eigenvalue weighted by Gasteiger charge is 2.36. The number of carbonyl (C=O) groups is 2. The van der Waals surface area contributed by atoms with E-state index in [0.29, 0.717) is 22.4 Å². The molecule has 38 heavy (non-hydrogen) atoms. The number of hydrogen-bond acceptors (Lipinski definition) is 4. The number of rotatable bonds is 11. The number of anilines is 1. The molecule has 0 aliphatic rings. The summed E-state index contributed by atoms with van der Waals surface area (Å²) in [5.41, 5.74) is 0.0914. The molecule has 12 heteroatoms. The van der Waals surface area contributed by atoms with Crippen molar-refractivity contribution in [1.82, 2.24) is 10.2 Å². The average molecular weight is 576 g/mol. The van der Waals surface area contributed by atoms with Crippen molar-refractivity contribution in [2.45, 2.75) is 65.3 Å². The van der Waals surface area contributed by atoms with Gasteiger partial charge < -0.3 is 10.2 Å². The van der Waals surface area contributed by atoms with Gasteiger partial charge in [0.1, 0.15) is 12.6 Å². The molecule has 2 rings (SSSR count). The zero-order valence-electron chi connectivity index (χ0n) is 22.0. The van der Waals surface area contributed by atoms with Crippen LogP contribution in [0.2, 0.25) is 5.02 Å². The molecule has 0 heterocycles. The molecule has 0 radical (unpaired) electrons. The first kappa shape index (κ1) is 31.4. The van der Waals surface area contributed by atoms with Gasteiger partial charge in [-0.05, 0) is 50.5 Å². The largest absolute Gasteiger partial charge is 0.417 e. The molecule has 0 aromatic heterocycles. The van der Waals surface area contributed by atoms with Gasteiger partial charge in [0.15, 0.2) is 0 Å². The van der Waals surface area contributed by atoms with Crippen LogP contribution in [0.3, 0.4) is 0 Å². The van der Waals surface area contributed by atoms with Crippen LogP contribution in [-0.2, 0) is 32.3 Å². The quantitative estimate of drug-likeness (QED) is 0.401. The normalized spacial score (nSPS) is 13.5. The summed E-state index contributed by atoms with van der Waals surface area (Å²) in [7, 11) is -4.20. The smallest absolute Gasteiger partial charge is 0.352 e. The highest BCUT2D eigenvalue weighted by atomic mass is 35.5. The molecule has 2 aromatic rings. The predicted molar refractivity (Wildman–Crippen MR) is 142 cm³/mol. The van der Waals surface area contributed by atoms with E-state index in [4.69, 9.17) is 11.6 Å². The average Bonchev–Trinajstić information content (AvgIpc) is 2.82. The van der Waals surface area contributed by atoms with E-state index < -0.39 is 51.2 Å². The molecule has 0 saturated heterocycles. The van der Waals surface area contributed by atoms with Crippen LogP contribution in [0.4, 0.5) is 18.9 Å². The van der Waals surface area contributed by atoms with Crippen molar-refractivity contribution in [2.24, 2.45) is 0 Å². The van der Waals surface area contributed by atoms with Crippen LogP contribution in [0, 0.1) is 6.92 Å². The van der Waals surface area contributed by atoms with Crippen molar-refractivity contribution >= 4 is 39.1 Å². The molecule has 2 amide bonds. The van der Waals surface area contributed by atoms with E-state index in [1.54, 1.807) is 19.1 Å². The van der Waals surface area contributed by atoms with Crippen LogP contribution >= 0.6 is 11.6 Å². The Morgan fingerprint density at radius 2 is 1.66 bits per heavy atom. The Hall–Kier alpha value is -2.79. The van der Waals surface area contributed by atoms with Crippen molar-refractivity contribution in [2.75, 3.05) is 17.1 Å². The van der Waals surface area contributed by atoms with Gasteiger partial charge >= 0.3 is 6.18 Å². The monoisotopic (exact) mass is 575 g/mol. The van der Waals surface area contributed by atoms with Gasteiger partial charge in [0.2, 0.25) is 21.8 Å². The van der Waals surface area contributed by atoms with E-state index in [9.17, 15) is 31.2 Å². The molecule has 0 aliphatic carbocycles. The standard InChI is InChI=1S/C26H33ClF3N3O4S/c1-6-18(4)31-25(35)23(7-2)32(15-19-10-8-17(3)9-11-19)24(34)16-33(38(5,36)37)20-12-13-22(27)21(14-20)26(28,29)30/h8-14,18,23H,6-7,15-16H2,1-5H3,(H,31,35)/t18-,23+/m1/s1. The minimum atomic E-state index is -4.83. The number of hydrogen-bond donors (Lipinski definition) is 1. The zero-order chi connectivity index (χ0) is 28.8. The molecule has 0 fully saturated rings. The number of carbonyl (C=O) groups excluding carboxylic acids is 2. The molecule has 7 nitrogen and oxygen atoms in total. The first-order valence-corrected chi connectivity index (χ1v) is 14.3. The van der Waals surface area contributed by atoms with E-state index in [1.165, 1.54) is 4.90 Å². The second-order valence-corrected chi connectivity index (χ2v) is 11.5. The Kier molecular flexibility index (Phi) is 10.6. The summed E-state index contributed by atoms with van der Waals surface area (Å²) in [6.45, 7) is 6.52. The fraction of sp³-hybridized carbons (Fsp3) is 0.462. The Labute approximate surface area is 227 Å². The molecular formula is C26H33ClF3N3O4S. The number of benzene rings is 2. The van der Waals surface area contributed by atoms with Crippen LogP contribution in [0.25, 0.3) is 0 Å². The number of amides is 2. The van der Waals surface area contributed by atoms with Gasteiger partial charge in [0.05, 0.1) is 22.5 Å². The minimum Gasteiger partial charge on any atom is -0.352 e. The first-order valence-electron chi connectivity index (χ1n) is 12.1. The highest BCUT2D eigenvalue weighted by Crippen LogP contribution is 2.37. The molecule has 0 bridgehead atoms. The second-order valence-electron chi connectivity index (χ2n) is 9.18. The molecule has 1 N–H and O–H groups in total. The van der Waals surface area contributed by atoms with Gasteiger partial charge in [-0.25, -0.2) is 8.42 Å². The van der Waals surface area contributed by atoms with Gasteiger partial charge in [-0.15, -0.1) is 0 Å². The maximum atomic E-state index is 13.6. The van der Waals surface area contributed by atoms with Gasteiger partial charge in [-0.3, -0.25) is 13.9 Å². The highest BCUT2D eigenvalue weighted by molar-refractivity contribution is 7.92. The number of halogens is 4. The van der Waals surface area contributed by atoms with Crippen molar-refractivity contribution in [3.63, 3.8) is 0 Å². The topological polar surface area (TPSA) is 86.8 Å². The lowest BCUT2D eigenvalue weighted by Gasteiger charge is -2.33. The fourth-order valence-corrected chi connectivity index (χ4v) is 4.82. The second kappa shape index (κ2) is 12.8. The minimum absolute atomic E-state index is 0.00241. The Balaban J connectivity index is 2.52. The molecule has 2 atom stereocenters. The lowest BCUT2D eigenvalue weighted by atomic mass is 10.1. The third kappa shape index (κ3) is 8.36. The van der Waals surface area contributed by atoms with E-state index in [1.807, 2.05) is 32.9 Å². The number of nitrogens with one attached hydrogen (secondary N) is 1. The van der Waals surface area contributed by atoms with Crippen molar-refractivity contribution in [3.8, 4) is 0 Å². The summed E-state index contributed by atoms with van der Waals surface area (Å²) in [6, 6.07) is 8.79. The molecule has 0 unspecified atom stereocenters. The van der Waals surface area contributed by atoms with Gasteiger partial charge in [0.25, 0.3) is 0 Å². The van der Waals surface area contributed by atoms with Crippen LogP contribution in [-0.4, -0.2) is 50.0 Å². The Morgan fingerprint density at radius 1 is 1.05 bits per heavy atom. The fourth-order valence-electron chi connectivity index (χ4n) is 3.75. The van der Waals surface area contributed by atoms with E-state index in [2.05, 4.69) is 5.32 Å². The van der Waals surface area contributed by atoms with Crippen LogP contribution < -0.4 is 9.62 Å². The van der Waals surface area contributed by atoms with Crippen LogP contribution in [0.15, 0.2) is 42.5 Å². The van der Waals surface area contributed by atoms with Crippen molar-refractivity contribution in [1.29, 1.82) is 0 Å². The van der Waals surface area contributed by atoms with Crippen LogP contribution in [0.5, 0.6) is 0 Å².